The molecule has 0 aromatic rings. The highest BCUT2D eigenvalue weighted by Gasteiger charge is 2.41. The van der Waals surface area contributed by atoms with Crippen LogP contribution in [0.4, 0.5) is 0 Å². The van der Waals surface area contributed by atoms with Gasteiger partial charge in [0.1, 0.15) is 6.10 Å². The molecule has 21 heavy (non-hydrogen) atoms. The van der Waals surface area contributed by atoms with Crippen LogP contribution in [0.5, 0.6) is 0 Å². The highest BCUT2D eigenvalue weighted by Crippen LogP contribution is 2.39. The fraction of sp³-hybridized carbons (Fsp3) is 0.947. The molecule has 0 saturated heterocycles. The molecule has 0 aliphatic rings. The minimum absolute atomic E-state index is 0.0361. The van der Waals surface area contributed by atoms with Crippen LogP contribution >= 0.6 is 0 Å². The van der Waals surface area contributed by atoms with Gasteiger partial charge < -0.3 is 4.74 Å². The monoisotopic (exact) mass is 298 g/mol. The number of esters is 1. The molecule has 0 aliphatic heterocycles. The van der Waals surface area contributed by atoms with Gasteiger partial charge in [0.25, 0.3) is 0 Å². The van der Waals surface area contributed by atoms with Crippen molar-refractivity contribution in [3.8, 4) is 0 Å². The normalized spacial score (nSPS) is 15.5. The van der Waals surface area contributed by atoms with Gasteiger partial charge in [0, 0.05) is 0 Å². The van der Waals surface area contributed by atoms with Crippen molar-refractivity contribution >= 4 is 5.97 Å². The number of ether oxygens (including phenoxy) is 1. The summed E-state index contributed by atoms with van der Waals surface area (Å²) in [5.74, 6) is 0.403. The Bertz CT molecular complexity index is 320. The lowest BCUT2D eigenvalue weighted by Crippen LogP contribution is -2.44. The van der Waals surface area contributed by atoms with Crippen LogP contribution < -0.4 is 0 Å². The molecule has 1 atom stereocenters. The average molecular weight is 299 g/mol. The highest BCUT2D eigenvalue weighted by atomic mass is 16.5. The first kappa shape index (κ1) is 20.5. The number of hydrogen-bond acceptors (Lipinski definition) is 2. The van der Waals surface area contributed by atoms with Crippen molar-refractivity contribution < 1.29 is 9.53 Å². The molecule has 0 saturated carbocycles. The van der Waals surface area contributed by atoms with Crippen LogP contribution in [0.1, 0.15) is 82.6 Å². The lowest BCUT2D eigenvalue weighted by atomic mass is 9.73. The largest absolute Gasteiger partial charge is 0.461 e. The Morgan fingerprint density at radius 1 is 0.810 bits per heavy atom. The first-order valence-electron chi connectivity index (χ1n) is 8.27. The zero-order valence-corrected chi connectivity index (χ0v) is 16.3. The van der Waals surface area contributed by atoms with E-state index in [1.807, 2.05) is 0 Å². The molecule has 0 aromatic heterocycles. The molecule has 126 valence electrons. The predicted molar refractivity (Wildman–Crippen MR) is 91.2 cm³/mol. The van der Waals surface area contributed by atoms with Crippen LogP contribution in [0.3, 0.4) is 0 Å². The van der Waals surface area contributed by atoms with E-state index in [4.69, 9.17) is 4.74 Å². The van der Waals surface area contributed by atoms with E-state index in [9.17, 15) is 4.79 Å². The molecule has 1 unspecified atom stereocenters. The summed E-state index contributed by atoms with van der Waals surface area (Å²) in [5, 5.41) is 0. The summed E-state index contributed by atoms with van der Waals surface area (Å²) in [4.78, 5) is 12.8. The van der Waals surface area contributed by atoms with Crippen LogP contribution in [0.15, 0.2) is 0 Å². The van der Waals surface area contributed by atoms with E-state index in [0.29, 0.717) is 5.92 Å². The lowest BCUT2D eigenvalue weighted by molar-refractivity contribution is -0.173. The Hall–Kier alpha value is -0.530. The number of carbonyl (C=O) groups excluding carboxylic acids is 1. The van der Waals surface area contributed by atoms with Crippen molar-refractivity contribution in [2.24, 2.45) is 28.1 Å². The summed E-state index contributed by atoms with van der Waals surface area (Å²) >= 11 is 0. The van der Waals surface area contributed by atoms with E-state index in [1.54, 1.807) is 0 Å². The quantitative estimate of drug-likeness (QED) is 0.622. The van der Waals surface area contributed by atoms with E-state index >= 15 is 0 Å². The first-order valence-corrected chi connectivity index (χ1v) is 8.27. The minimum atomic E-state index is -0.0884. The van der Waals surface area contributed by atoms with Crippen molar-refractivity contribution in [1.82, 2.24) is 0 Å². The van der Waals surface area contributed by atoms with Gasteiger partial charge in [0.05, 0.1) is 5.92 Å². The summed E-state index contributed by atoms with van der Waals surface area (Å²) in [5.41, 5.74) is -0.190. The van der Waals surface area contributed by atoms with E-state index in [0.717, 1.165) is 6.42 Å². The predicted octanol–water partition coefficient (Wildman–Crippen LogP) is 5.70. The van der Waals surface area contributed by atoms with Gasteiger partial charge in [-0.3, -0.25) is 4.79 Å². The second-order valence-electron chi connectivity index (χ2n) is 10.1. The Labute approximate surface area is 133 Å². The van der Waals surface area contributed by atoms with E-state index < -0.39 is 0 Å². The third-order valence-electron chi connectivity index (χ3n) is 3.84. The molecular formula is C19H38O2. The molecular weight excluding hydrogens is 260 g/mol. The van der Waals surface area contributed by atoms with Crippen LogP contribution in [0, 0.1) is 28.1 Å². The van der Waals surface area contributed by atoms with Crippen molar-refractivity contribution in [2.45, 2.75) is 88.7 Å². The number of hydrogen-bond donors (Lipinski definition) is 0. The zero-order chi connectivity index (χ0) is 17.2. The molecule has 0 spiro atoms. The lowest BCUT2D eigenvalue weighted by Gasteiger charge is -2.41. The second kappa shape index (κ2) is 6.71. The minimum Gasteiger partial charge on any atom is -0.461 e. The molecule has 0 radical (unpaired) electrons. The summed E-state index contributed by atoms with van der Waals surface area (Å²) < 4.78 is 6.03. The zero-order valence-electron chi connectivity index (χ0n) is 16.3. The average Bonchev–Trinajstić information content (AvgIpc) is 2.16. The molecule has 0 aromatic carbocycles. The SMILES string of the molecule is CC(C)CC(C(=O)OC(C(C)(C)C)C(C)(C)C)C(C)(C)C. The van der Waals surface area contributed by atoms with Crippen molar-refractivity contribution in [3.05, 3.63) is 0 Å². The fourth-order valence-electron chi connectivity index (χ4n) is 3.13. The Morgan fingerprint density at radius 3 is 1.43 bits per heavy atom. The van der Waals surface area contributed by atoms with Gasteiger partial charge in [-0.15, -0.1) is 0 Å². The van der Waals surface area contributed by atoms with E-state index in [-0.39, 0.29) is 34.2 Å². The Morgan fingerprint density at radius 2 is 1.19 bits per heavy atom. The van der Waals surface area contributed by atoms with Gasteiger partial charge in [-0.2, -0.15) is 0 Å². The summed E-state index contributed by atoms with van der Waals surface area (Å²) in [7, 11) is 0. The maximum Gasteiger partial charge on any atom is 0.309 e. The van der Waals surface area contributed by atoms with Crippen LogP contribution in [0.2, 0.25) is 0 Å². The summed E-state index contributed by atoms with van der Waals surface area (Å²) in [6.07, 6.45) is 0.790. The van der Waals surface area contributed by atoms with Gasteiger partial charge in [-0.1, -0.05) is 76.2 Å². The van der Waals surface area contributed by atoms with Crippen molar-refractivity contribution in [2.75, 3.05) is 0 Å². The van der Waals surface area contributed by atoms with Gasteiger partial charge in [0.15, 0.2) is 0 Å². The topological polar surface area (TPSA) is 26.3 Å². The molecule has 0 bridgehead atoms. The van der Waals surface area contributed by atoms with Gasteiger partial charge in [0.2, 0.25) is 0 Å². The smallest absolute Gasteiger partial charge is 0.309 e. The molecule has 0 fully saturated rings. The van der Waals surface area contributed by atoms with Gasteiger partial charge >= 0.3 is 5.97 Å². The third kappa shape index (κ3) is 6.84. The molecule has 2 heteroatoms. The third-order valence-corrected chi connectivity index (χ3v) is 3.84. The molecule has 0 rings (SSSR count). The standard InChI is InChI=1S/C19H38O2/c1-13(2)12-14(17(3,4)5)15(20)21-16(18(6,7)8)19(9,10)11/h13-14,16H,12H2,1-11H3. The molecule has 0 N–H and O–H groups in total. The Kier molecular flexibility index (Phi) is 6.54. The summed E-state index contributed by atoms with van der Waals surface area (Å²) in [6.45, 7) is 23.6. The molecule has 0 heterocycles. The summed E-state index contributed by atoms with van der Waals surface area (Å²) in [6, 6.07) is 0. The van der Waals surface area contributed by atoms with Crippen molar-refractivity contribution in [3.63, 3.8) is 0 Å². The van der Waals surface area contributed by atoms with Crippen LogP contribution in [0.25, 0.3) is 0 Å². The van der Waals surface area contributed by atoms with E-state index in [2.05, 4.69) is 76.2 Å². The molecule has 0 aliphatic carbocycles. The second-order valence-corrected chi connectivity index (χ2v) is 10.1. The maximum absolute atomic E-state index is 12.8. The van der Waals surface area contributed by atoms with Crippen LogP contribution in [-0.4, -0.2) is 12.1 Å². The van der Waals surface area contributed by atoms with Gasteiger partial charge in [-0.05, 0) is 28.6 Å². The molecule has 0 amide bonds. The first-order chi connectivity index (χ1) is 9.06. The van der Waals surface area contributed by atoms with Crippen molar-refractivity contribution in [1.29, 1.82) is 0 Å². The fourth-order valence-corrected chi connectivity index (χ4v) is 3.13. The Balaban J connectivity index is 5.28. The van der Waals surface area contributed by atoms with Gasteiger partial charge in [-0.25, -0.2) is 0 Å². The van der Waals surface area contributed by atoms with Crippen LogP contribution in [-0.2, 0) is 9.53 Å². The maximum atomic E-state index is 12.8. The molecule has 2 nitrogen and oxygen atoms in total. The van der Waals surface area contributed by atoms with E-state index in [1.165, 1.54) is 0 Å². The number of carbonyl (C=O) groups is 1. The highest BCUT2D eigenvalue weighted by molar-refractivity contribution is 5.73. The number of rotatable bonds is 4.